The van der Waals surface area contributed by atoms with Crippen LogP contribution < -0.4 is 0 Å². The molecule has 0 amide bonds. The lowest BCUT2D eigenvalue weighted by Crippen LogP contribution is -2.17. The van der Waals surface area contributed by atoms with E-state index in [1.807, 2.05) is 6.07 Å². The summed E-state index contributed by atoms with van der Waals surface area (Å²) in [6.45, 7) is 2.16. The van der Waals surface area contributed by atoms with Crippen LogP contribution in [0.5, 0.6) is 0 Å². The van der Waals surface area contributed by atoms with E-state index < -0.39 is 5.97 Å². The quantitative estimate of drug-likeness (QED) is 0.623. The Morgan fingerprint density at radius 3 is 2.87 bits per heavy atom. The van der Waals surface area contributed by atoms with E-state index in [9.17, 15) is 9.59 Å². The molecule has 0 aliphatic heterocycles. The molecule has 2 aromatic heterocycles. The molecule has 23 heavy (non-hydrogen) atoms. The van der Waals surface area contributed by atoms with Crippen molar-refractivity contribution in [1.29, 1.82) is 0 Å². The number of hydrogen-bond donors (Lipinski definition) is 0. The molecule has 0 bridgehead atoms. The van der Waals surface area contributed by atoms with E-state index in [0.29, 0.717) is 36.3 Å². The molecular weight excluding hydrogens is 300 g/mol. The molecule has 0 N–H and O–H groups in total. The van der Waals surface area contributed by atoms with E-state index in [1.165, 1.54) is 7.11 Å². The van der Waals surface area contributed by atoms with Gasteiger partial charge in [0.25, 0.3) is 0 Å². The normalized spacial score (nSPS) is 17.1. The van der Waals surface area contributed by atoms with Crippen molar-refractivity contribution >= 4 is 11.8 Å². The number of rotatable bonds is 5. The van der Waals surface area contributed by atoms with E-state index in [4.69, 9.17) is 18.3 Å². The molecule has 1 aliphatic rings. The largest absolute Gasteiger partial charge is 0.469 e. The molecular formula is C17H18O6. The van der Waals surface area contributed by atoms with Crippen LogP contribution in [0, 0.1) is 6.92 Å². The van der Waals surface area contributed by atoms with Gasteiger partial charge in [-0.2, -0.15) is 0 Å². The van der Waals surface area contributed by atoms with Gasteiger partial charge in [0.15, 0.2) is 5.78 Å². The lowest BCUT2D eigenvalue weighted by atomic mass is 9.84. The molecule has 122 valence electrons. The molecule has 0 radical (unpaired) electrons. The molecule has 0 aromatic carbocycles. The van der Waals surface area contributed by atoms with E-state index in [-0.39, 0.29) is 24.1 Å². The van der Waals surface area contributed by atoms with Gasteiger partial charge in [0.1, 0.15) is 18.1 Å². The van der Waals surface area contributed by atoms with Gasteiger partial charge in [-0.1, -0.05) is 0 Å². The molecule has 3 rings (SSSR count). The van der Waals surface area contributed by atoms with Crippen molar-refractivity contribution in [3.63, 3.8) is 0 Å². The van der Waals surface area contributed by atoms with Crippen molar-refractivity contribution in [2.45, 2.75) is 25.7 Å². The molecule has 0 spiro atoms. The second kappa shape index (κ2) is 6.42. The van der Waals surface area contributed by atoms with Gasteiger partial charge in [-0.05, 0) is 19.1 Å². The van der Waals surface area contributed by atoms with Crippen LogP contribution in [0.4, 0.5) is 0 Å². The molecule has 0 fully saturated rings. The zero-order valence-electron chi connectivity index (χ0n) is 13.1. The summed E-state index contributed by atoms with van der Waals surface area (Å²) < 4.78 is 21.0. The van der Waals surface area contributed by atoms with Crippen molar-refractivity contribution < 1.29 is 27.9 Å². The smallest absolute Gasteiger partial charge is 0.374 e. The maximum Gasteiger partial charge on any atom is 0.374 e. The van der Waals surface area contributed by atoms with Gasteiger partial charge < -0.3 is 18.3 Å². The molecule has 0 unspecified atom stereocenters. The third-order valence-electron chi connectivity index (χ3n) is 4.01. The predicted octanol–water partition coefficient (Wildman–Crippen LogP) is 2.90. The summed E-state index contributed by atoms with van der Waals surface area (Å²) in [6, 6.07) is 3.64. The minimum Gasteiger partial charge on any atom is -0.469 e. The summed E-state index contributed by atoms with van der Waals surface area (Å²) in [5.41, 5.74) is 1.05. The van der Waals surface area contributed by atoms with Crippen LogP contribution in [0.3, 0.4) is 0 Å². The molecule has 1 aliphatic carbocycles. The Morgan fingerprint density at radius 2 is 2.17 bits per heavy atom. The van der Waals surface area contributed by atoms with Gasteiger partial charge in [0.2, 0.25) is 5.76 Å². The van der Waals surface area contributed by atoms with E-state index in [0.717, 1.165) is 5.76 Å². The van der Waals surface area contributed by atoms with E-state index in [2.05, 4.69) is 0 Å². The van der Waals surface area contributed by atoms with Crippen molar-refractivity contribution in [1.82, 2.24) is 0 Å². The summed E-state index contributed by atoms with van der Waals surface area (Å²) in [5.74, 6) is 0.703. The van der Waals surface area contributed by atoms with Crippen molar-refractivity contribution in [2.75, 3.05) is 20.3 Å². The molecule has 1 atom stereocenters. The van der Waals surface area contributed by atoms with Crippen LogP contribution in [0.15, 0.2) is 27.2 Å². The third-order valence-corrected chi connectivity index (χ3v) is 4.01. The average Bonchev–Trinajstić information content (AvgIpc) is 3.15. The molecule has 6 nitrogen and oxygen atoms in total. The highest BCUT2D eigenvalue weighted by molar-refractivity contribution is 6.02. The van der Waals surface area contributed by atoms with Crippen LogP contribution in [0.2, 0.25) is 0 Å². The first kappa shape index (κ1) is 15.6. The SMILES string of the molecule is COCCOC(=O)c1oc2c(c1C)C(=O)C[C@@H](c1ccco1)C2. The highest BCUT2D eigenvalue weighted by Gasteiger charge is 2.35. The maximum atomic E-state index is 12.4. The van der Waals surface area contributed by atoms with E-state index >= 15 is 0 Å². The summed E-state index contributed by atoms with van der Waals surface area (Å²) in [6.07, 6.45) is 2.46. The molecule has 0 saturated carbocycles. The average molecular weight is 318 g/mol. The van der Waals surface area contributed by atoms with Gasteiger partial charge in [-0.3, -0.25) is 4.79 Å². The number of ether oxygens (including phenoxy) is 2. The van der Waals surface area contributed by atoms with Gasteiger partial charge >= 0.3 is 5.97 Å². The Labute approximate surface area is 133 Å². The lowest BCUT2D eigenvalue weighted by molar-refractivity contribution is 0.0351. The highest BCUT2D eigenvalue weighted by atomic mass is 16.6. The topological polar surface area (TPSA) is 78.9 Å². The Balaban J connectivity index is 1.84. The number of esters is 1. The number of fused-ring (bicyclic) bond motifs is 1. The summed E-state index contributed by atoms with van der Waals surface area (Å²) >= 11 is 0. The Kier molecular flexibility index (Phi) is 4.34. The molecule has 2 aromatic rings. The van der Waals surface area contributed by atoms with Crippen LogP contribution >= 0.6 is 0 Å². The second-order valence-electron chi connectivity index (χ2n) is 5.53. The summed E-state index contributed by atoms with van der Waals surface area (Å²) in [5, 5.41) is 0. The van der Waals surface area contributed by atoms with Gasteiger partial charge in [-0.25, -0.2) is 4.79 Å². The van der Waals surface area contributed by atoms with Gasteiger partial charge in [0, 0.05) is 31.4 Å². The van der Waals surface area contributed by atoms with Gasteiger partial charge in [-0.15, -0.1) is 0 Å². The fraction of sp³-hybridized carbons (Fsp3) is 0.412. The Morgan fingerprint density at radius 1 is 1.35 bits per heavy atom. The van der Waals surface area contributed by atoms with Gasteiger partial charge in [0.05, 0.1) is 18.4 Å². The monoisotopic (exact) mass is 318 g/mol. The standard InChI is InChI=1S/C17H18O6/c1-10-15-12(18)8-11(13-4-3-5-21-13)9-14(15)23-16(10)17(19)22-7-6-20-2/h3-5,11H,6-9H2,1-2H3/t11-/m1/s1. The molecule has 2 heterocycles. The van der Waals surface area contributed by atoms with Crippen LogP contribution in [-0.4, -0.2) is 32.1 Å². The fourth-order valence-corrected chi connectivity index (χ4v) is 2.91. The van der Waals surface area contributed by atoms with Crippen molar-refractivity contribution in [2.24, 2.45) is 0 Å². The summed E-state index contributed by atoms with van der Waals surface area (Å²) in [7, 11) is 1.53. The maximum absolute atomic E-state index is 12.4. The minimum atomic E-state index is -0.573. The molecule has 0 saturated heterocycles. The third kappa shape index (κ3) is 2.94. The minimum absolute atomic E-state index is 0.0372. The molecule has 6 heteroatoms. The summed E-state index contributed by atoms with van der Waals surface area (Å²) in [4.78, 5) is 24.5. The van der Waals surface area contributed by atoms with Crippen molar-refractivity contribution in [3.8, 4) is 0 Å². The van der Waals surface area contributed by atoms with Crippen molar-refractivity contribution in [3.05, 3.63) is 46.8 Å². The number of methoxy groups -OCH3 is 1. The number of ketones is 1. The number of carbonyl (C=O) groups excluding carboxylic acids is 2. The fourth-order valence-electron chi connectivity index (χ4n) is 2.91. The van der Waals surface area contributed by atoms with Crippen LogP contribution in [-0.2, 0) is 15.9 Å². The number of Topliss-reactive ketones (excluding diaryl/α,β-unsaturated/α-hetero) is 1. The zero-order chi connectivity index (χ0) is 16.4. The number of carbonyl (C=O) groups is 2. The van der Waals surface area contributed by atoms with E-state index in [1.54, 1.807) is 19.3 Å². The second-order valence-corrected chi connectivity index (χ2v) is 5.53. The Bertz CT molecular complexity index is 710. The lowest BCUT2D eigenvalue weighted by Gasteiger charge is -2.18. The predicted molar refractivity (Wildman–Crippen MR) is 79.7 cm³/mol. The highest BCUT2D eigenvalue weighted by Crippen LogP contribution is 2.37. The first-order valence-corrected chi connectivity index (χ1v) is 7.46. The Hall–Kier alpha value is -2.34. The number of furan rings is 2. The van der Waals surface area contributed by atoms with Crippen LogP contribution in [0.1, 0.15) is 50.3 Å². The zero-order valence-corrected chi connectivity index (χ0v) is 13.1. The first-order valence-electron chi connectivity index (χ1n) is 7.46. The number of hydrogen-bond acceptors (Lipinski definition) is 6. The van der Waals surface area contributed by atoms with Crippen LogP contribution in [0.25, 0.3) is 0 Å². The first-order chi connectivity index (χ1) is 11.1.